The first-order valence-electron chi connectivity index (χ1n) is 7.26. The summed E-state index contributed by atoms with van der Waals surface area (Å²) in [6, 6.07) is 9.10. The van der Waals surface area contributed by atoms with E-state index in [2.05, 4.69) is 11.0 Å². The molecule has 1 aliphatic heterocycles. The Kier molecular flexibility index (Phi) is 5.32. The lowest BCUT2D eigenvalue weighted by atomic mass is 10.1. The number of hydrogen-bond acceptors (Lipinski definition) is 4. The van der Waals surface area contributed by atoms with Gasteiger partial charge in [-0.05, 0) is 24.1 Å². The van der Waals surface area contributed by atoms with E-state index in [1.165, 1.54) is 0 Å². The van der Waals surface area contributed by atoms with E-state index in [1.54, 1.807) is 31.2 Å². The molecule has 1 aromatic rings. The number of β-amino-alcohol motifs (C(OH)–C–C–N with tert-alkyl or cyclic N) is 1. The van der Waals surface area contributed by atoms with Gasteiger partial charge < -0.3 is 10.0 Å². The number of nitrogens with zero attached hydrogens (tertiary/aromatic N) is 3. The van der Waals surface area contributed by atoms with Gasteiger partial charge >= 0.3 is 0 Å². The summed E-state index contributed by atoms with van der Waals surface area (Å²) in [4.78, 5) is 15.4. The molecule has 5 heteroatoms. The monoisotopic (exact) mass is 287 g/mol. The van der Waals surface area contributed by atoms with Crippen LogP contribution in [0.25, 0.3) is 0 Å². The quantitative estimate of drug-likeness (QED) is 0.905. The second kappa shape index (κ2) is 7.21. The van der Waals surface area contributed by atoms with Gasteiger partial charge in [0.15, 0.2) is 0 Å². The molecular weight excluding hydrogens is 266 g/mol. The molecule has 5 nitrogen and oxygen atoms in total. The lowest BCUT2D eigenvalue weighted by Crippen LogP contribution is -2.35. The number of benzene rings is 1. The zero-order valence-corrected chi connectivity index (χ0v) is 12.3. The van der Waals surface area contributed by atoms with Crippen LogP contribution >= 0.6 is 0 Å². The Balaban J connectivity index is 1.91. The molecule has 1 saturated heterocycles. The van der Waals surface area contributed by atoms with Gasteiger partial charge in [-0.25, -0.2) is 0 Å². The highest BCUT2D eigenvalue weighted by atomic mass is 16.3. The van der Waals surface area contributed by atoms with Crippen LogP contribution in [0.5, 0.6) is 0 Å². The number of carbonyl (C=O) groups is 1. The zero-order chi connectivity index (χ0) is 15.2. The molecule has 1 N–H and O–H groups in total. The van der Waals surface area contributed by atoms with Crippen LogP contribution in [-0.4, -0.2) is 53.5 Å². The number of aliphatic hydroxyl groups is 1. The number of aliphatic hydroxyl groups excluding tert-OH is 1. The summed E-state index contributed by atoms with van der Waals surface area (Å²) in [5.74, 6) is 0.115. The van der Waals surface area contributed by atoms with E-state index in [-0.39, 0.29) is 5.91 Å². The third kappa shape index (κ3) is 4.28. The van der Waals surface area contributed by atoms with Crippen LogP contribution in [0.4, 0.5) is 0 Å². The van der Waals surface area contributed by atoms with Crippen LogP contribution in [0.1, 0.15) is 30.6 Å². The summed E-state index contributed by atoms with van der Waals surface area (Å²) in [7, 11) is 0. The van der Waals surface area contributed by atoms with Gasteiger partial charge in [-0.2, -0.15) is 5.26 Å². The largest absolute Gasteiger partial charge is 0.387 e. The fourth-order valence-corrected chi connectivity index (χ4v) is 2.60. The highest BCUT2D eigenvalue weighted by Gasteiger charge is 2.19. The molecule has 0 spiro atoms. The molecule has 1 unspecified atom stereocenters. The number of rotatable bonds is 3. The molecule has 21 heavy (non-hydrogen) atoms. The zero-order valence-electron chi connectivity index (χ0n) is 12.3. The molecule has 0 saturated carbocycles. The molecule has 1 fully saturated rings. The van der Waals surface area contributed by atoms with Crippen molar-refractivity contribution < 1.29 is 9.90 Å². The fraction of sp³-hybridized carbons (Fsp3) is 0.500. The van der Waals surface area contributed by atoms with Crippen LogP contribution in [0.15, 0.2) is 24.3 Å². The molecule has 0 radical (unpaired) electrons. The van der Waals surface area contributed by atoms with Crippen molar-refractivity contribution in [3.8, 4) is 6.07 Å². The molecule has 1 heterocycles. The van der Waals surface area contributed by atoms with Crippen molar-refractivity contribution in [3.63, 3.8) is 0 Å². The summed E-state index contributed by atoms with van der Waals surface area (Å²) in [6.45, 7) is 5.33. The molecular formula is C16H21N3O2. The number of nitriles is 1. The van der Waals surface area contributed by atoms with Gasteiger partial charge in [0.2, 0.25) is 5.91 Å². The summed E-state index contributed by atoms with van der Waals surface area (Å²) < 4.78 is 0. The number of carbonyl (C=O) groups excluding carboxylic acids is 1. The van der Waals surface area contributed by atoms with Crippen molar-refractivity contribution in [3.05, 3.63) is 35.4 Å². The molecule has 1 aromatic carbocycles. The van der Waals surface area contributed by atoms with Crippen molar-refractivity contribution in [2.24, 2.45) is 0 Å². The Hall–Kier alpha value is -1.90. The normalized spacial score (nSPS) is 17.9. The van der Waals surface area contributed by atoms with E-state index in [9.17, 15) is 9.90 Å². The number of hydrogen-bond donors (Lipinski definition) is 1. The molecule has 112 valence electrons. The maximum Gasteiger partial charge on any atom is 0.219 e. The third-order valence-corrected chi connectivity index (χ3v) is 3.89. The Morgan fingerprint density at radius 1 is 1.29 bits per heavy atom. The third-order valence-electron chi connectivity index (χ3n) is 3.89. The first kappa shape index (κ1) is 15.5. The molecule has 0 bridgehead atoms. The topological polar surface area (TPSA) is 67.6 Å². The predicted molar refractivity (Wildman–Crippen MR) is 79.4 cm³/mol. The summed E-state index contributed by atoms with van der Waals surface area (Å²) in [5, 5.41) is 19.1. The van der Waals surface area contributed by atoms with Crippen molar-refractivity contribution in [2.45, 2.75) is 19.4 Å². The minimum atomic E-state index is -0.568. The maximum atomic E-state index is 11.4. The molecule has 1 aliphatic rings. The second-order valence-electron chi connectivity index (χ2n) is 5.41. The summed E-state index contributed by atoms with van der Waals surface area (Å²) >= 11 is 0. The Bertz CT molecular complexity index is 521. The van der Waals surface area contributed by atoms with Crippen molar-refractivity contribution in [1.29, 1.82) is 5.26 Å². The van der Waals surface area contributed by atoms with Crippen molar-refractivity contribution in [1.82, 2.24) is 9.80 Å². The minimum Gasteiger partial charge on any atom is -0.387 e. The molecule has 1 atom stereocenters. The van der Waals surface area contributed by atoms with E-state index in [0.717, 1.165) is 38.2 Å². The predicted octanol–water partition coefficient (Wildman–Crippen LogP) is 1.15. The van der Waals surface area contributed by atoms with Gasteiger partial charge in [-0.1, -0.05) is 12.1 Å². The summed E-state index contributed by atoms with van der Waals surface area (Å²) in [5.41, 5.74) is 1.42. The van der Waals surface area contributed by atoms with Crippen LogP contribution < -0.4 is 0 Å². The van der Waals surface area contributed by atoms with Gasteiger partial charge in [-0.15, -0.1) is 0 Å². The van der Waals surface area contributed by atoms with Crippen LogP contribution in [0.2, 0.25) is 0 Å². The van der Waals surface area contributed by atoms with Gasteiger partial charge in [0, 0.05) is 39.6 Å². The highest BCUT2D eigenvalue weighted by molar-refractivity contribution is 5.73. The van der Waals surface area contributed by atoms with E-state index in [0.29, 0.717) is 12.1 Å². The van der Waals surface area contributed by atoms with Crippen LogP contribution in [0, 0.1) is 11.3 Å². The van der Waals surface area contributed by atoms with Crippen molar-refractivity contribution >= 4 is 5.91 Å². The van der Waals surface area contributed by atoms with Gasteiger partial charge in [0.25, 0.3) is 0 Å². The van der Waals surface area contributed by atoms with Crippen LogP contribution in [0.3, 0.4) is 0 Å². The standard InChI is InChI=1S/C16H21N3O2/c1-13(20)19-8-2-7-18(9-10-19)12-16(21)15-5-3-14(11-17)4-6-15/h3-6,16,21H,2,7-10,12H2,1H3. The average molecular weight is 287 g/mol. The lowest BCUT2D eigenvalue weighted by molar-refractivity contribution is -0.128. The highest BCUT2D eigenvalue weighted by Crippen LogP contribution is 2.16. The van der Waals surface area contributed by atoms with E-state index in [4.69, 9.17) is 5.26 Å². The minimum absolute atomic E-state index is 0.115. The van der Waals surface area contributed by atoms with Crippen LogP contribution in [-0.2, 0) is 4.79 Å². The first-order chi connectivity index (χ1) is 10.1. The van der Waals surface area contributed by atoms with E-state index < -0.39 is 6.10 Å². The summed E-state index contributed by atoms with van der Waals surface area (Å²) in [6.07, 6.45) is 0.362. The average Bonchev–Trinajstić information content (AvgIpc) is 2.73. The number of amides is 1. The lowest BCUT2D eigenvalue weighted by Gasteiger charge is -2.23. The Morgan fingerprint density at radius 3 is 2.62 bits per heavy atom. The first-order valence-corrected chi connectivity index (χ1v) is 7.26. The van der Waals surface area contributed by atoms with E-state index >= 15 is 0 Å². The Labute approximate surface area is 125 Å². The van der Waals surface area contributed by atoms with Crippen molar-refractivity contribution in [2.75, 3.05) is 32.7 Å². The van der Waals surface area contributed by atoms with Gasteiger partial charge in [0.1, 0.15) is 0 Å². The Morgan fingerprint density at radius 2 is 2.00 bits per heavy atom. The molecule has 0 aromatic heterocycles. The molecule has 0 aliphatic carbocycles. The second-order valence-corrected chi connectivity index (χ2v) is 5.41. The van der Waals surface area contributed by atoms with Gasteiger partial charge in [0.05, 0.1) is 17.7 Å². The molecule has 2 rings (SSSR count). The SMILES string of the molecule is CC(=O)N1CCCN(CC(O)c2ccc(C#N)cc2)CC1. The smallest absolute Gasteiger partial charge is 0.219 e. The molecule has 1 amide bonds. The fourth-order valence-electron chi connectivity index (χ4n) is 2.60. The van der Waals surface area contributed by atoms with Gasteiger partial charge in [-0.3, -0.25) is 9.69 Å². The maximum absolute atomic E-state index is 11.4. The van der Waals surface area contributed by atoms with E-state index in [1.807, 2.05) is 4.90 Å².